The lowest BCUT2D eigenvalue weighted by atomic mass is 10.1. The van der Waals surface area contributed by atoms with Gasteiger partial charge < -0.3 is 14.8 Å². The van der Waals surface area contributed by atoms with E-state index in [-0.39, 0.29) is 23.8 Å². The number of amides is 5. The van der Waals surface area contributed by atoms with E-state index in [0.29, 0.717) is 34.4 Å². The zero-order valence-corrected chi connectivity index (χ0v) is 23.2. The maximum atomic E-state index is 13.2. The molecule has 206 valence electrons. The van der Waals surface area contributed by atoms with Gasteiger partial charge in [0.1, 0.15) is 5.57 Å². The summed E-state index contributed by atoms with van der Waals surface area (Å²) in [5.74, 6) is -1.34. The number of hydrogen-bond acceptors (Lipinski definition) is 6. The Morgan fingerprint density at radius 3 is 2.42 bits per heavy atom. The molecule has 1 heterocycles. The van der Waals surface area contributed by atoms with Crippen LogP contribution in [0.3, 0.4) is 0 Å². The first-order valence-electron chi connectivity index (χ1n) is 12.5. The van der Waals surface area contributed by atoms with E-state index in [9.17, 15) is 19.2 Å². The first-order chi connectivity index (χ1) is 19.1. The predicted molar refractivity (Wildman–Crippen MR) is 153 cm³/mol. The summed E-state index contributed by atoms with van der Waals surface area (Å²) in [6.07, 6.45) is 1.35. The molecule has 2 N–H and O–H groups in total. The van der Waals surface area contributed by atoms with Gasteiger partial charge in [0.05, 0.1) is 12.3 Å². The minimum absolute atomic E-state index is 0.231. The molecule has 0 spiro atoms. The summed E-state index contributed by atoms with van der Waals surface area (Å²) >= 11 is 6.18. The van der Waals surface area contributed by atoms with E-state index in [2.05, 4.69) is 10.6 Å². The third-order valence-electron chi connectivity index (χ3n) is 6.12. The molecule has 1 aliphatic rings. The maximum absolute atomic E-state index is 13.2. The Morgan fingerprint density at radius 1 is 0.950 bits per heavy atom. The molecule has 4 rings (SSSR count). The smallest absolute Gasteiger partial charge is 0.335 e. The van der Waals surface area contributed by atoms with Crippen molar-refractivity contribution in [1.82, 2.24) is 5.32 Å². The van der Waals surface area contributed by atoms with Crippen molar-refractivity contribution >= 4 is 52.8 Å². The molecule has 3 aromatic carbocycles. The lowest BCUT2D eigenvalue weighted by Gasteiger charge is -2.26. The van der Waals surface area contributed by atoms with E-state index in [1.165, 1.54) is 12.1 Å². The summed E-state index contributed by atoms with van der Waals surface area (Å²) < 4.78 is 11.4. The van der Waals surface area contributed by atoms with Crippen LogP contribution in [0.5, 0.6) is 11.5 Å². The molecule has 0 aromatic heterocycles. The molecule has 1 aliphatic heterocycles. The molecule has 10 heteroatoms. The van der Waals surface area contributed by atoms with Crippen molar-refractivity contribution in [3.8, 4) is 11.5 Å². The van der Waals surface area contributed by atoms with Crippen LogP contribution in [0.15, 0.2) is 60.2 Å². The number of halogens is 1. The number of urea groups is 1. The number of nitrogens with zero attached hydrogens (tertiary/aromatic N) is 1. The Balaban J connectivity index is 1.54. The van der Waals surface area contributed by atoms with Gasteiger partial charge in [0.25, 0.3) is 17.7 Å². The van der Waals surface area contributed by atoms with Crippen LogP contribution in [0.2, 0.25) is 5.02 Å². The first kappa shape index (κ1) is 28.4. The van der Waals surface area contributed by atoms with E-state index >= 15 is 0 Å². The predicted octanol–water partition coefficient (Wildman–Crippen LogP) is 5.35. The second-order valence-corrected chi connectivity index (χ2v) is 9.59. The lowest BCUT2D eigenvalue weighted by Crippen LogP contribution is -2.54. The van der Waals surface area contributed by atoms with Crippen LogP contribution in [-0.4, -0.2) is 37.0 Å². The zero-order chi connectivity index (χ0) is 29.0. The summed E-state index contributed by atoms with van der Waals surface area (Å²) in [6, 6.07) is 14.4. The van der Waals surface area contributed by atoms with Crippen LogP contribution in [0.4, 0.5) is 16.2 Å². The number of carbonyl (C=O) groups is 4. The Hall–Kier alpha value is -4.63. The molecule has 0 saturated carbocycles. The quantitative estimate of drug-likeness (QED) is 0.283. The number of imide groups is 2. The number of rotatable bonds is 8. The normalized spacial score (nSPS) is 14.3. The largest absolute Gasteiger partial charge is 0.490 e. The molecular weight excluding hydrogens is 534 g/mol. The molecule has 0 atom stereocenters. The van der Waals surface area contributed by atoms with Crippen LogP contribution >= 0.6 is 11.6 Å². The van der Waals surface area contributed by atoms with Gasteiger partial charge in [-0.05, 0) is 86.4 Å². The molecule has 0 aliphatic carbocycles. The van der Waals surface area contributed by atoms with Gasteiger partial charge in [-0.2, -0.15) is 0 Å². The maximum Gasteiger partial charge on any atom is 0.335 e. The van der Waals surface area contributed by atoms with Crippen LogP contribution in [0.1, 0.15) is 29.2 Å². The number of hydrogen-bond donors (Lipinski definition) is 2. The second kappa shape index (κ2) is 12.0. The van der Waals surface area contributed by atoms with Crippen molar-refractivity contribution in [3.63, 3.8) is 0 Å². The average molecular weight is 562 g/mol. The van der Waals surface area contributed by atoms with Crippen molar-refractivity contribution in [2.45, 2.75) is 27.7 Å². The fraction of sp³-hybridized carbons (Fsp3) is 0.200. The topological polar surface area (TPSA) is 114 Å². The standard InChI is InChI=1S/C30H28ClN3O6/c1-5-39-26-14-20(9-11-25(26)40-16-27(35)32-24-12-17(2)6-7-19(24)4)13-22-28(36)33-30(38)34(29(22)37)21-10-8-18(3)23(31)15-21/h6-15H,5,16H2,1-4H3,(H,32,35)(H,33,36,38)/b22-13+. The van der Waals surface area contributed by atoms with Crippen LogP contribution < -0.4 is 25.0 Å². The van der Waals surface area contributed by atoms with Crippen LogP contribution in [-0.2, 0) is 14.4 Å². The fourth-order valence-corrected chi connectivity index (χ4v) is 4.16. The number of anilines is 2. The number of benzene rings is 3. The summed E-state index contributed by atoms with van der Waals surface area (Å²) in [6.45, 7) is 7.47. The van der Waals surface area contributed by atoms with Gasteiger partial charge >= 0.3 is 6.03 Å². The van der Waals surface area contributed by atoms with Gasteiger partial charge in [0.15, 0.2) is 18.1 Å². The van der Waals surface area contributed by atoms with Gasteiger partial charge in [-0.1, -0.05) is 35.9 Å². The van der Waals surface area contributed by atoms with E-state index < -0.39 is 17.8 Å². The molecule has 0 bridgehead atoms. The monoisotopic (exact) mass is 561 g/mol. The molecule has 5 amide bonds. The first-order valence-corrected chi connectivity index (χ1v) is 12.9. The highest BCUT2D eigenvalue weighted by Gasteiger charge is 2.37. The minimum Gasteiger partial charge on any atom is -0.490 e. The van der Waals surface area contributed by atoms with Gasteiger partial charge in [-0.3, -0.25) is 19.7 Å². The summed E-state index contributed by atoms with van der Waals surface area (Å²) in [4.78, 5) is 51.7. The molecule has 0 unspecified atom stereocenters. The molecule has 0 radical (unpaired) electrons. The van der Waals surface area contributed by atoms with Gasteiger partial charge in [0, 0.05) is 10.7 Å². The molecule has 9 nitrogen and oxygen atoms in total. The zero-order valence-electron chi connectivity index (χ0n) is 22.5. The van der Waals surface area contributed by atoms with E-state index in [1.54, 1.807) is 44.2 Å². The fourth-order valence-electron chi connectivity index (χ4n) is 3.98. The number of carbonyl (C=O) groups excluding carboxylic acids is 4. The number of barbiturate groups is 1. The van der Waals surface area contributed by atoms with Crippen molar-refractivity contribution in [2.75, 3.05) is 23.4 Å². The molecule has 40 heavy (non-hydrogen) atoms. The SMILES string of the molecule is CCOc1cc(/C=C2\C(=O)NC(=O)N(c3ccc(C)c(Cl)c3)C2=O)ccc1OCC(=O)Nc1cc(C)ccc1C. The molecule has 1 fully saturated rings. The van der Waals surface area contributed by atoms with E-state index in [0.717, 1.165) is 21.6 Å². The van der Waals surface area contributed by atoms with E-state index in [1.807, 2.05) is 32.0 Å². The summed E-state index contributed by atoms with van der Waals surface area (Å²) in [7, 11) is 0. The Labute approximate surface area is 236 Å². The van der Waals surface area contributed by atoms with Crippen molar-refractivity contribution < 1.29 is 28.7 Å². The third-order valence-corrected chi connectivity index (χ3v) is 6.53. The number of ether oxygens (including phenoxy) is 2. The Kier molecular flexibility index (Phi) is 8.55. The van der Waals surface area contributed by atoms with E-state index in [4.69, 9.17) is 21.1 Å². The number of nitrogens with one attached hydrogen (secondary N) is 2. The molecule has 1 saturated heterocycles. The Bertz CT molecular complexity index is 1550. The van der Waals surface area contributed by atoms with Crippen LogP contribution in [0, 0.1) is 20.8 Å². The third kappa shape index (κ3) is 6.32. The molecular formula is C30H28ClN3O6. The lowest BCUT2D eigenvalue weighted by molar-refractivity contribution is -0.122. The second-order valence-electron chi connectivity index (χ2n) is 9.19. The minimum atomic E-state index is -0.870. The highest BCUT2D eigenvalue weighted by molar-refractivity contribution is 6.39. The van der Waals surface area contributed by atoms with Gasteiger partial charge in [-0.25, -0.2) is 9.69 Å². The Morgan fingerprint density at radius 2 is 1.70 bits per heavy atom. The van der Waals surface area contributed by atoms with Crippen LogP contribution in [0.25, 0.3) is 6.08 Å². The summed E-state index contributed by atoms with van der Waals surface area (Å²) in [5.41, 5.74) is 3.86. The van der Waals surface area contributed by atoms with Crippen molar-refractivity contribution in [2.24, 2.45) is 0 Å². The average Bonchev–Trinajstić information content (AvgIpc) is 2.90. The van der Waals surface area contributed by atoms with Crippen molar-refractivity contribution in [3.05, 3.63) is 87.4 Å². The van der Waals surface area contributed by atoms with Crippen molar-refractivity contribution in [1.29, 1.82) is 0 Å². The van der Waals surface area contributed by atoms with Gasteiger partial charge in [-0.15, -0.1) is 0 Å². The highest BCUT2D eigenvalue weighted by Crippen LogP contribution is 2.31. The highest BCUT2D eigenvalue weighted by atomic mass is 35.5. The molecule has 3 aromatic rings. The summed E-state index contributed by atoms with van der Waals surface area (Å²) in [5, 5.41) is 5.40. The number of aryl methyl sites for hydroxylation is 3. The van der Waals surface area contributed by atoms with Gasteiger partial charge in [0.2, 0.25) is 0 Å².